The second-order valence-corrected chi connectivity index (χ2v) is 4.64. The smallest absolute Gasteiger partial charge is 0.306 e. The molecule has 5 heteroatoms. The minimum absolute atomic E-state index is 0.165. The van der Waals surface area contributed by atoms with Crippen LogP contribution >= 0.6 is 0 Å². The van der Waals surface area contributed by atoms with Gasteiger partial charge in [-0.3, -0.25) is 4.79 Å². The summed E-state index contributed by atoms with van der Waals surface area (Å²) < 4.78 is 18.4. The molecule has 18 heavy (non-hydrogen) atoms. The number of hydrogen-bond donors (Lipinski definition) is 1. The second kappa shape index (κ2) is 4.84. The topological polar surface area (TPSA) is 49.8 Å². The quantitative estimate of drug-likeness (QED) is 0.872. The molecular formula is C13H16FNO3. The van der Waals surface area contributed by atoms with Gasteiger partial charge >= 0.3 is 5.97 Å². The summed E-state index contributed by atoms with van der Waals surface area (Å²) in [6.07, 6.45) is 0.707. The number of benzene rings is 1. The molecule has 1 N–H and O–H groups in total. The Labute approximate surface area is 105 Å². The van der Waals surface area contributed by atoms with Crippen molar-refractivity contribution in [1.29, 1.82) is 0 Å². The van der Waals surface area contributed by atoms with Crippen molar-refractivity contribution in [3.05, 3.63) is 24.0 Å². The molecule has 1 aromatic carbocycles. The van der Waals surface area contributed by atoms with Crippen molar-refractivity contribution in [3.63, 3.8) is 0 Å². The predicted molar refractivity (Wildman–Crippen MR) is 65.5 cm³/mol. The number of hydrogen-bond acceptors (Lipinski definition) is 3. The first-order valence-corrected chi connectivity index (χ1v) is 5.80. The zero-order valence-corrected chi connectivity index (χ0v) is 10.4. The lowest BCUT2D eigenvalue weighted by Crippen LogP contribution is -2.21. The van der Waals surface area contributed by atoms with Crippen molar-refractivity contribution in [2.45, 2.75) is 6.42 Å². The van der Waals surface area contributed by atoms with E-state index in [4.69, 9.17) is 9.84 Å². The van der Waals surface area contributed by atoms with Crippen LogP contribution in [0.1, 0.15) is 6.42 Å². The van der Waals surface area contributed by atoms with E-state index in [1.807, 2.05) is 11.9 Å². The van der Waals surface area contributed by atoms with Crippen LogP contribution in [0.2, 0.25) is 0 Å². The molecule has 1 aromatic rings. The number of rotatable bonds is 5. The Morgan fingerprint density at radius 1 is 1.61 bits per heavy atom. The number of nitrogens with zero attached hydrogens (tertiary/aromatic N) is 1. The molecule has 1 aliphatic carbocycles. The molecule has 0 saturated heterocycles. The SMILES string of the molecule is COc1ccc(N(C)CC2CC2C(=O)O)cc1F. The van der Waals surface area contributed by atoms with E-state index in [2.05, 4.69) is 0 Å². The summed E-state index contributed by atoms with van der Waals surface area (Å²) in [5.74, 6) is -1.02. The van der Waals surface area contributed by atoms with Crippen molar-refractivity contribution in [2.24, 2.45) is 11.8 Å². The van der Waals surface area contributed by atoms with Crippen LogP contribution in [-0.2, 0) is 4.79 Å². The van der Waals surface area contributed by atoms with Gasteiger partial charge in [0.15, 0.2) is 11.6 Å². The van der Waals surface area contributed by atoms with Crippen molar-refractivity contribution in [2.75, 3.05) is 25.6 Å². The average Bonchev–Trinajstić information content (AvgIpc) is 3.08. The molecule has 1 saturated carbocycles. The fraction of sp³-hybridized carbons (Fsp3) is 0.462. The summed E-state index contributed by atoms with van der Waals surface area (Å²) in [6, 6.07) is 4.74. The molecule has 0 amide bonds. The minimum Gasteiger partial charge on any atom is -0.494 e. The number of anilines is 1. The van der Waals surface area contributed by atoms with E-state index in [1.54, 1.807) is 12.1 Å². The zero-order valence-electron chi connectivity index (χ0n) is 10.4. The molecule has 0 heterocycles. The van der Waals surface area contributed by atoms with Crippen molar-refractivity contribution < 1.29 is 19.0 Å². The van der Waals surface area contributed by atoms with Gasteiger partial charge < -0.3 is 14.7 Å². The normalized spacial score (nSPS) is 21.5. The van der Waals surface area contributed by atoms with Crippen molar-refractivity contribution in [1.82, 2.24) is 0 Å². The molecule has 98 valence electrons. The lowest BCUT2D eigenvalue weighted by Gasteiger charge is -2.19. The Morgan fingerprint density at radius 3 is 2.83 bits per heavy atom. The van der Waals surface area contributed by atoms with Gasteiger partial charge in [0.2, 0.25) is 0 Å². The number of carbonyl (C=O) groups is 1. The highest BCUT2D eigenvalue weighted by Gasteiger charge is 2.43. The highest BCUT2D eigenvalue weighted by Crippen LogP contribution is 2.39. The average molecular weight is 253 g/mol. The van der Waals surface area contributed by atoms with Gasteiger partial charge in [-0.05, 0) is 24.5 Å². The molecule has 1 aliphatic rings. The fourth-order valence-corrected chi connectivity index (χ4v) is 2.10. The van der Waals surface area contributed by atoms with E-state index in [0.29, 0.717) is 13.0 Å². The highest BCUT2D eigenvalue weighted by atomic mass is 19.1. The first kappa shape index (κ1) is 12.7. The molecule has 2 atom stereocenters. The predicted octanol–water partition coefficient (Wildman–Crippen LogP) is 1.99. The molecular weight excluding hydrogens is 237 g/mol. The third kappa shape index (κ3) is 2.55. The monoisotopic (exact) mass is 253 g/mol. The zero-order chi connectivity index (χ0) is 13.3. The first-order chi connectivity index (χ1) is 8.52. The third-order valence-corrected chi connectivity index (χ3v) is 3.32. The molecule has 0 aliphatic heterocycles. The Hall–Kier alpha value is -1.78. The lowest BCUT2D eigenvalue weighted by atomic mass is 10.2. The molecule has 0 bridgehead atoms. The van der Waals surface area contributed by atoms with Crippen molar-refractivity contribution >= 4 is 11.7 Å². The largest absolute Gasteiger partial charge is 0.494 e. The van der Waals surface area contributed by atoms with Crippen LogP contribution in [0.15, 0.2) is 18.2 Å². The van der Waals surface area contributed by atoms with Gasteiger partial charge in [0, 0.05) is 25.3 Å². The summed E-state index contributed by atoms with van der Waals surface area (Å²) in [7, 11) is 3.25. The summed E-state index contributed by atoms with van der Waals surface area (Å²) in [6.45, 7) is 0.628. The van der Waals surface area contributed by atoms with E-state index in [1.165, 1.54) is 13.2 Å². The van der Waals surface area contributed by atoms with Crippen LogP contribution in [-0.4, -0.2) is 31.8 Å². The summed E-state index contributed by atoms with van der Waals surface area (Å²) in [4.78, 5) is 12.6. The van der Waals surface area contributed by atoms with Gasteiger partial charge in [-0.25, -0.2) is 4.39 Å². The van der Waals surface area contributed by atoms with Gasteiger partial charge in [-0.15, -0.1) is 0 Å². The summed E-state index contributed by atoms with van der Waals surface area (Å²) in [5.41, 5.74) is 0.726. The molecule has 1 fully saturated rings. The number of carboxylic acids is 1. The van der Waals surface area contributed by atoms with Gasteiger partial charge in [0.1, 0.15) is 0 Å². The summed E-state index contributed by atoms with van der Waals surface area (Å²) >= 11 is 0. The number of aliphatic carboxylic acids is 1. The summed E-state index contributed by atoms with van der Waals surface area (Å²) in [5, 5.41) is 8.82. The van der Waals surface area contributed by atoms with Gasteiger partial charge in [0.05, 0.1) is 13.0 Å². The minimum atomic E-state index is -0.741. The lowest BCUT2D eigenvalue weighted by molar-refractivity contribution is -0.138. The van der Waals surface area contributed by atoms with E-state index in [9.17, 15) is 9.18 Å². The van der Waals surface area contributed by atoms with Crippen LogP contribution in [0.4, 0.5) is 10.1 Å². The Morgan fingerprint density at radius 2 is 2.33 bits per heavy atom. The van der Waals surface area contributed by atoms with Gasteiger partial charge in [-0.2, -0.15) is 0 Å². The van der Waals surface area contributed by atoms with Crippen LogP contribution in [0.5, 0.6) is 5.75 Å². The van der Waals surface area contributed by atoms with Crippen LogP contribution < -0.4 is 9.64 Å². The molecule has 2 rings (SSSR count). The molecule has 0 aromatic heterocycles. The first-order valence-electron chi connectivity index (χ1n) is 5.80. The van der Waals surface area contributed by atoms with Crippen LogP contribution in [0.25, 0.3) is 0 Å². The number of halogens is 1. The van der Waals surface area contributed by atoms with Crippen molar-refractivity contribution in [3.8, 4) is 5.75 Å². The Balaban J connectivity index is 1.99. The highest BCUT2D eigenvalue weighted by molar-refractivity contribution is 5.73. The number of ether oxygens (including phenoxy) is 1. The second-order valence-electron chi connectivity index (χ2n) is 4.64. The number of carboxylic acid groups (broad SMARTS) is 1. The Kier molecular flexibility index (Phi) is 3.41. The van der Waals surface area contributed by atoms with Crippen LogP contribution in [0, 0.1) is 17.7 Å². The third-order valence-electron chi connectivity index (χ3n) is 3.32. The van der Waals surface area contributed by atoms with E-state index < -0.39 is 11.8 Å². The van der Waals surface area contributed by atoms with E-state index in [0.717, 1.165) is 5.69 Å². The maximum absolute atomic E-state index is 13.5. The van der Waals surface area contributed by atoms with Crippen LogP contribution in [0.3, 0.4) is 0 Å². The molecule has 2 unspecified atom stereocenters. The standard InChI is InChI=1S/C13H16FNO3/c1-15(7-8-5-10(8)13(16)17)9-3-4-12(18-2)11(14)6-9/h3-4,6,8,10H,5,7H2,1-2H3,(H,16,17). The van der Waals surface area contributed by atoms with E-state index in [-0.39, 0.29) is 17.6 Å². The van der Waals surface area contributed by atoms with E-state index >= 15 is 0 Å². The van der Waals surface area contributed by atoms with Gasteiger partial charge in [0.25, 0.3) is 0 Å². The Bertz CT molecular complexity index is 464. The molecule has 0 radical (unpaired) electrons. The maximum Gasteiger partial charge on any atom is 0.306 e. The fourth-order valence-electron chi connectivity index (χ4n) is 2.10. The maximum atomic E-state index is 13.5. The molecule has 4 nitrogen and oxygen atoms in total. The molecule has 0 spiro atoms. The van der Waals surface area contributed by atoms with Gasteiger partial charge in [-0.1, -0.05) is 0 Å². The number of methoxy groups -OCH3 is 1.